The second-order valence-corrected chi connectivity index (χ2v) is 7.33. The van der Waals surface area contributed by atoms with Crippen molar-refractivity contribution in [3.05, 3.63) is 24.6 Å². The Morgan fingerprint density at radius 3 is 2.16 bits per heavy atom. The van der Waals surface area contributed by atoms with Crippen LogP contribution in [0, 0.1) is 5.92 Å². The van der Waals surface area contributed by atoms with Gasteiger partial charge < -0.3 is 15.0 Å². The summed E-state index contributed by atoms with van der Waals surface area (Å²) in [4.78, 5) is 13.3. The van der Waals surface area contributed by atoms with Gasteiger partial charge in [0.05, 0.1) is 5.92 Å². The number of likely N-dealkylation sites (tertiary alicyclic amines) is 1. The molecule has 2 rings (SSSR count). The Kier molecular flexibility index (Phi) is 3.38. The Morgan fingerprint density at radius 2 is 1.74 bits per heavy atom. The number of allylic oxidation sites excluding steroid dienone is 2. The van der Waals surface area contributed by atoms with E-state index in [1.807, 2.05) is 0 Å². The average molecular weight is 262 g/mol. The standard InChI is InChI=1S/C16H26N2O/c1-11-7-13(10-19)12(2)18(11)14-8-15(3,4)17-16(5,6)9-14/h10,13-14,17H,1-2,7-9H2,3-6H3. The van der Waals surface area contributed by atoms with Gasteiger partial charge in [0.15, 0.2) is 0 Å². The van der Waals surface area contributed by atoms with Gasteiger partial charge in [-0.3, -0.25) is 0 Å². The minimum absolute atomic E-state index is 0.0754. The minimum atomic E-state index is -0.0754. The van der Waals surface area contributed by atoms with Gasteiger partial charge in [0.25, 0.3) is 0 Å². The summed E-state index contributed by atoms with van der Waals surface area (Å²) in [5.74, 6) is -0.0754. The van der Waals surface area contributed by atoms with Gasteiger partial charge in [0.2, 0.25) is 0 Å². The molecule has 1 unspecified atom stereocenters. The Hall–Kier alpha value is -1.09. The molecule has 2 aliphatic rings. The topological polar surface area (TPSA) is 32.3 Å². The normalized spacial score (nSPS) is 30.7. The van der Waals surface area contributed by atoms with Gasteiger partial charge in [-0.15, -0.1) is 0 Å². The van der Waals surface area contributed by atoms with Crippen LogP contribution >= 0.6 is 0 Å². The van der Waals surface area contributed by atoms with E-state index < -0.39 is 0 Å². The van der Waals surface area contributed by atoms with Gasteiger partial charge in [-0.05, 0) is 40.5 Å². The van der Waals surface area contributed by atoms with Crippen molar-refractivity contribution in [1.82, 2.24) is 10.2 Å². The molecule has 0 amide bonds. The van der Waals surface area contributed by atoms with Crippen LogP contribution in [0.5, 0.6) is 0 Å². The molecule has 1 N–H and O–H groups in total. The Morgan fingerprint density at radius 1 is 1.21 bits per heavy atom. The fraction of sp³-hybridized carbons (Fsp3) is 0.688. The molecule has 0 aromatic carbocycles. The number of hydrogen-bond acceptors (Lipinski definition) is 3. The summed E-state index contributed by atoms with van der Waals surface area (Å²) in [6.45, 7) is 17.2. The van der Waals surface area contributed by atoms with E-state index in [-0.39, 0.29) is 17.0 Å². The highest BCUT2D eigenvalue weighted by molar-refractivity contribution is 5.61. The van der Waals surface area contributed by atoms with E-state index in [2.05, 4.69) is 51.1 Å². The number of carbonyl (C=O) groups is 1. The molecule has 0 spiro atoms. The first-order chi connectivity index (χ1) is 8.65. The zero-order chi connectivity index (χ0) is 14.4. The lowest BCUT2D eigenvalue weighted by atomic mass is 9.79. The number of rotatable bonds is 2. The summed E-state index contributed by atoms with van der Waals surface area (Å²) in [5.41, 5.74) is 2.15. The molecule has 2 heterocycles. The predicted octanol–water partition coefficient (Wildman–Crippen LogP) is 2.84. The van der Waals surface area contributed by atoms with E-state index in [0.717, 1.165) is 36.9 Å². The summed E-state index contributed by atoms with van der Waals surface area (Å²) in [6.07, 6.45) is 3.82. The predicted molar refractivity (Wildman–Crippen MR) is 78.6 cm³/mol. The molecule has 2 aliphatic heterocycles. The third-order valence-corrected chi connectivity index (χ3v) is 4.23. The van der Waals surface area contributed by atoms with Crippen LogP contribution in [0.25, 0.3) is 0 Å². The van der Waals surface area contributed by atoms with Crippen LogP contribution < -0.4 is 5.32 Å². The molecule has 0 aromatic rings. The first kappa shape index (κ1) is 14.3. The van der Waals surface area contributed by atoms with E-state index in [4.69, 9.17) is 0 Å². The van der Waals surface area contributed by atoms with Crippen molar-refractivity contribution in [2.75, 3.05) is 0 Å². The summed E-state index contributed by atoms with van der Waals surface area (Å²) < 4.78 is 0. The second kappa shape index (κ2) is 4.48. The van der Waals surface area contributed by atoms with E-state index in [9.17, 15) is 4.79 Å². The molecule has 1 atom stereocenters. The van der Waals surface area contributed by atoms with Crippen LogP contribution in [0.2, 0.25) is 0 Å². The molecule has 0 radical (unpaired) electrons. The first-order valence-corrected chi connectivity index (χ1v) is 7.06. The van der Waals surface area contributed by atoms with Crippen molar-refractivity contribution in [2.45, 2.75) is 64.1 Å². The second-order valence-electron chi connectivity index (χ2n) is 7.33. The van der Waals surface area contributed by atoms with Gasteiger partial charge in [0, 0.05) is 34.9 Å². The third kappa shape index (κ3) is 2.76. The van der Waals surface area contributed by atoms with Crippen molar-refractivity contribution in [1.29, 1.82) is 0 Å². The summed E-state index contributed by atoms with van der Waals surface area (Å²) in [6, 6.07) is 0.385. The van der Waals surface area contributed by atoms with Crippen molar-refractivity contribution in [2.24, 2.45) is 5.92 Å². The van der Waals surface area contributed by atoms with E-state index in [1.54, 1.807) is 0 Å². The maximum atomic E-state index is 11.1. The number of hydrogen-bond donors (Lipinski definition) is 1. The lowest BCUT2D eigenvalue weighted by Crippen LogP contribution is -2.61. The fourth-order valence-electron chi connectivity index (χ4n) is 3.92. The van der Waals surface area contributed by atoms with Gasteiger partial charge in [-0.1, -0.05) is 13.2 Å². The highest BCUT2D eigenvalue weighted by Gasteiger charge is 2.43. The first-order valence-electron chi connectivity index (χ1n) is 7.06. The van der Waals surface area contributed by atoms with E-state index in [1.165, 1.54) is 0 Å². The summed E-state index contributed by atoms with van der Waals surface area (Å²) in [5, 5.41) is 3.68. The molecule has 106 valence electrons. The van der Waals surface area contributed by atoms with Crippen molar-refractivity contribution in [3.8, 4) is 0 Å². The minimum Gasteiger partial charge on any atom is -0.346 e. The number of nitrogens with zero attached hydrogens (tertiary/aromatic N) is 1. The molecule has 0 saturated carbocycles. The van der Waals surface area contributed by atoms with Crippen LogP contribution in [0.3, 0.4) is 0 Å². The summed E-state index contributed by atoms with van der Waals surface area (Å²) in [7, 11) is 0. The molecule has 3 heteroatoms. The molecule has 0 aliphatic carbocycles. The van der Waals surface area contributed by atoms with Crippen molar-refractivity contribution in [3.63, 3.8) is 0 Å². The molecule has 0 aromatic heterocycles. The maximum Gasteiger partial charge on any atom is 0.129 e. The van der Waals surface area contributed by atoms with E-state index >= 15 is 0 Å². The molecular formula is C16H26N2O. The number of carbonyl (C=O) groups excluding carboxylic acids is 1. The number of aldehydes is 1. The zero-order valence-corrected chi connectivity index (χ0v) is 12.6. The fourth-order valence-corrected chi connectivity index (χ4v) is 3.92. The third-order valence-electron chi connectivity index (χ3n) is 4.23. The van der Waals surface area contributed by atoms with Gasteiger partial charge in [-0.25, -0.2) is 0 Å². The Bertz CT molecular complexity index is 406. The number of nitrogens with one attached hydrogen (secondary N) is 1. The highest BCUT2D eigenvalue weighted by atomic mass is 16.1. The molecule has 0 bridgehead atoms. The zero-order valence-electron chi connectivity index (χ0n) is 12.6. The maximum absolute atomic E-state index is 11.1. The quantitative estimate of drug-likeness (QED) is 0.777. The smallest absolute Gasteiger partial charge is 0.129 e. The van der Waals surface area contributed by atoms with Crippen LogP contribution in [-0.2, 0) is 4.79 Å². The van der Waals surface area contributed by atoms with Crippen LogP contribution in [0.4, 0.5) is 0 Å². The average Bonchev–Trinajstić information content (AvgIpc) is 2.48. The Labute approximate surface area is 116 Å². The Balaban J connectivity index is 2.24. The summed E-state index contributed by atoms with van der Waals surface area (Å²) >= 11 is 0. The van der Waals surface area contributed by atoms with Gasteiger partial charge >= 0.3 is 0 Å². The number of piperidine rings is 1. The molecule has 3 nitrogen and oxygen atoms in total. The SMILES string of the molecule is C=C1CC(C=O)C(=C)N1C1CC(C)(C)NC(C)(C)C1. The van der Waals surface area contributed by atoms with E-state index in [0.29, 0.717) is 6.04 Å². The van der Waals surface area contributed by atoms with Crippen LogP contribution in [0.15, 0.2) is 24.6 Å². The largest absolute Gasteiger partial charge is 0.346 e. The molecule has 19 heavy (non-hydrogen) atoms. The molecular weight excluding hydrogens is 236 g/mol. The molecule has 2 fully saturated rings. The van der Waals surface area contributed by atoms with Crippen molar-refractivity contribution < 1.29 is 4.79 Å². The van der Waals surface area contributed by atoms with Crippen LogP contribution in [-0.4, -0.2) is 28.3 Å². The van der Waals surface area contributed by atoms with Crippen molar-refractivity contribution >= 4 is 6.29 Å². The lowest BCUT2D eigenvalue weighted by molar-refractivity contribution is -0.110. The molecule has 2 saturated heterocycles. The lowest BCUT2D eigenvalue weighted by Gasteiger charge is -2.49. The van der Waals surface area contributed by atoms with Gasteiger partial charge in [0.1, 0.15) is 6.29 Å². The van der Waals surface area contributed by atoms with Crippen LogP contribution in [0.1, 0.15) is 47.0 Å². The highest BCUT2D eigenvalue weighted by Crippen LogP contribution is 2.41. The monoisotopic (exact) mass is 262 g/mol. The van der Waals surface area contributed by atoms with Gasteiger partial charge in [-0.2, -0.15) is 0 Å².